The summed E-state index contributed by atoms with van der Waals surface area (Å²) in [6.07, 6.45) is -3.69. The SMILES string of the molecule is Cc1ccc(C(=O)NCCNc2ccc(C(F)(F)F)cn2)cc1NC(=O)c1ccccc1. The number of hydrogen-bond acceptors (Lipinski definition) is 4. The molecular weight excluding hydrogens is 421 g/mol. The number of carbonyl (C=O) groups is 2. The third-order valence-corrected chi connectivity index (χ3v) is 4.59. The van der Waals surface area contributed by atoms with Crippen molar-refractivity contribution in [3.63, 3.8) is 0 Å². The molecule has 32 heavy (non-hydrogen) atoms. The number of carbonyl (C=O) groups excluding carboxylic acids is 2. The first-order valence-electron chi connectivity index (χ1n) is 9.76. The number of anilines is 2. The summed E-state index contributed by atoms with van der Waals surface area (Å²) in [6, 6.07) is 15.9. The summed E-state index contributed by atoms with van der Waals surface area (Å²) >= 11 is 0. The Hall–Kier alpha value is -3.88. The van der Waals surface area contributed by atoms with Gasteiger partial charge in [0.25, 0.3) is 11.8 Å². The maximum Gasteiger partial charge on any atom is 0.417 e. The van der Waals surface area contributed by atoms with Gasteiger partial charge in [0.15, 0.2) is 0 Å². The van der Waals surface area contributed by atoms with Crippen LogP contribution in [0.25, 0.3) is 0 Å². The highest BCUT2D eigenvalue weighted by molar-refractivity contribution is 6.05. The quantitative estimate of drug-likeness (QED) is 0.471. The molecule has 0 unspecified atom stereocenters. The van der Waals surface area contributed by atoms with Crippen LogP contribution in [0.5, 0.6) is 0 Å². The van der Waals surface area contributed by atoms with Crippen LogP contribution in [0.4, 0.5) is 24.7 Å². The second kappa shape index (κ2) is 9.95. The van der Waals surface area contributed by atoms with Crippen molar-refractivity contribution < 1.29 is 22.8 Å². The van der Waals surface area contributed by atoms with Gasteiger partial charge in [0.2, 0.25) is 0 Å². The second-order valence-corrected chi connectivity index (χ2v) is 6.96. The van der Waals surface area contributed by atoms with E-state index in [2.05, 4.69) is 20.9 Å². The fourth-order valence-electron chi connectivity index (χ4n) is 2.82. The van der Waals surface area contributed by atoms with Gasteiger partial charge in [-0.2, -0.15) is 13.2 Å². The summed E-state index contributed by atoms with van der Waals surface area (Å²) in [5.41, 5.74) is 1.38. The predicted molar refractivity (Wildman–Crippen MR) is 116 cm³/mol. The molecule has 6 nitrogen and oxygen atoms in total. The van der Waals surface area contributed by atoms with Crippen LogP contribution in [-0.4, -0.2) is 29.9 Å². The molecule has 0 saturated heterocycles. The zero-order valence-corrected chi connectivity index (χ0v) is 17.2. The van der Waals surface area contributed by atoms with E-state index < -0.39 is 11.7 Å². The molecule has 0 spiro atoms. The van der Waals surface area contributed by atoms with Crippen LogP contribution in [-0.2, 0) is 6.18 Å². The Morgan fingerprint density at radius 1 is 0.906 bits per heavy atom. The number of alkyl halides is 3. The lowest BCUT2D eigenvalue weighted by Gasteiger charge is -2.12. The van der Waals surface area contributed by atoms with E-state index in [1.807, 2.05) is 13.0 Å². The molecular formula is C23H21F3N4O2. The van der Waals surface area contributed by atoms with Gasteiger partial charge in [-0.15, -0.1) is 0 Å². The largest absolute Gasteiger partial charge is 0.417 e. The molecule has 0 atom stereocenters. The fraction of sp³-hybridized carbons (Fsp3) is 0.174. The Morgan fingerprint density at radius 3 is 2.31 bits per heavy atom. The first-order chi connectivity index (χ1) is 15.2. The second-order valence-electron chi connectivity index (χ2n) is 6.96. The van der Waals surface area contributed by atoms with Gasteiger partial charge in [-0.1, -0.05) is 24.3 Å². The molecule has 166 valence electrons. The minimum atomic E-state index is -4.44. The average molecular weight is 442 g/mol. The van der Waals surface area contributed by atoms with Crippen molar-refractivity contribution in [3.05, 3.63) is 89.1 Å². The number of pyridine rings is 1. The van der Waals surface area contributed by atoms with Crippen molar-refractivity contribution in [1.82, 2.24) is 10.3 Å². The molecule has 0 radical (unpaired) electrons. The summed E-state index contributed by atoms with van der Waals surface area (Å²) in [5, 5.41) is 8.37. The maximum atomic E-state index is 12.6. The molecule has 3 N–H and O–H groups in total. The molecule has 0 aliphatic heterocycles. The molecule has 3 aromatic rings. The number of hydrogen-bond donors (Lipinski definition) is 3. The monoisotopic (exact) mass is 442 g/mol. The van der Waals surface area contributed by atoms with Gasteiger partial charge >= 0.3 is 6.18 Å². The zero-order valence-electron chi connectivity index (χ0n) is 17.2. The van der Waals surface area contributed by atoms with E-state index >= 15 is 0 Å². The van der Waals surface area contributed by atoms with Crippen LogP contribution in [0.1, 0.15) is 31.8 Å². The van der Waals surface area contributed by atoms with Crippen molar-refractivity contribution in [2.75, 3.05) is 23.7 Å². The number of nitrogens with one attached hydrogen (secondary N) is 3. The minimum Gasteiger partial charge on any atom is -0.368 e. The van der Waals surface area contributed by atoms with Gasteiger partial charge < -0.3 is 16.0 Å². The highest BCUT2D eigenvalue weighted by Gasteiger charge is 2.30. The lowest BCUT2D eigenvalue weighted by molar-refractivity contribution is -0.137. The van der Waals surface area contributed by atoms with E-state index in [4.69, 9.17) is 0 Å². The topological polar surface area (TPSA) is 83.1 Å². The Kier molecular flexibility index (Phi) is 7.09. The zero-order chi connectivity index (χ0) is 23.1. The fourth-order valence-corrected chi connectivity index (χ4v) is 2.82. The summed E-state index contributed by atoms with van der Waals surface area (Å²) in [6.45, 7) is 2.32. The van der Waals surface area contributed by atoms with E-state index in [1.165, 1.54) is 6.07 Å². The molecule has 1 heterocycles. The van der Waals surface area contributed by atoms with Crippen molar-refractivity contribution >= 4 is 23.3 Å². The first kappa shape index (κ1) is 22.8. The third kappa shape index (κ3) is 6.07. The number of benzene rings is 2. The molecule has 0 saturated carbocycles. The molecule has 0 aliphatic carbocycles. The summed E-state index contributed by atoms with van der Waals surface area (Å²) in [4.78, 5) is 28.5. The van der Waals surface area contributed by atoms with E-state index in [0.717, 1.165) is 17.8 Å². The van der Waals surface area contributed by atoms with Crippen LogP contribution in [0.3, 0.4) is 0 Å². The Balaban J connectivity index is 1.53. The molecule has 3 rings (SSSR count). The standard InChI is InChI=1S/C23H21F3N4O2/c1-15-7-8-17(13-19(15)30-22(32)16-5-3-2-4-6-16)21(31)28-12-11-27-20-10-9-18(14-29-20)23(24,25)26/h2-10,13-14H,11-12H2,1H3,(H,27,29)(H,28,31)(H,30,32). The van der Waals surface area contributed by atoms with Gasteiger partial charge in [0.1, 0.15) is 5.82 Å². The van der Waals surface area contributed by atoms with E-state index in [-0.39, 0.29) is 30.7 Å². The average Bonchev–Trinajstić information content (AvgIpc) is 2.78. The van der Waals surface area contributed by atoms with Gasteiger partial charge in [-0.25, -0.2) is 4.98 Å². The number of amides is 2. The Labute approximate surface area is 182 Å². The molecule has 9 heteroatoms. The molecule has 1 aromatic heterocycles. The van der Waals surface area contributed by atoms with Crippen LogP contribution >= 0.6 is 0 Å². The predicted octanol–water partition coefficient (Wildman–Crippen LogP) is 4.50. The van der Waals surface area contributed by atoms with E-state index in [1.54, 1.807) is 42.5 Å². The van der Waals surface area contributed by atoms with E-state index in [9.17, 15) is 22.8 Å². The summed E-state index contributed by atoms with van der Waals surface area (Å²) in [5.74, 6) is -0.351. The lowest BCUT2D eigenvalue weighted by Crippen LogP contribution is -2.29. The van der Waals surface area contributed by atoms with Crippen molar-refractivity contribution in [2.45, 2.75) is 13.1 Å². The molecule has 0 aliphatic rings. The highest BCUT2D eigenvalue weighted by atomic mass is 19.4. The number of rotatable bonds is 7. The molecule has 2 aromatic carbocycles. The van der Waals surface area contributed by atoms with Gasteiger partial charge in [-0.05, 0) is 48.9 Å². The lowest BCUT2D eigenvalue weighted by atomic mass is 10.1. The van der Waals surface area contributed by atoms with Crippen LogP contribution in [0.2, 0.25) is 0 Å². The van der Waals surface area contributed by atoms with Gasteiger partial charge in [0.05, 0.1) is 5.56 Å². The van der Waals surface area contributed by atoms with Crippen LogP contribution in [0.15, 0.2) is 66.9 Å². The minimum absolute atomic E-state index is 0.223. The van der Waals surface area contributed by atoms with E-state index in [0.29, 0.717) is 16.8 Å². The normalized spacial score (nSPS) is 11.0. The highest BCUT2D eigenvalue weighted by Crippen LogP contribution is 2.28. The Morgan fingerprint density at radius 2 is 1.66 bits per heavy atom. The van der Waals surface area contributed by atoms with Crippen molar-refractivity contribution in [2.24, 2.45) is 0 Å². The number of aryl methyl sites for hydroxylation is 1. The maximum absolute atomic E-state index is 12.6. The first-order valence-corrected chi connectivity index (χ1v) is 9.76. The van der Waals surface area contributed by atoms with Crippen molar-refractivity contribution in [3.8, 4) is 0 Å². The Bertz CT molecular complexity index is 1080. The molecule has 0 bridgehead atoms. The van der Waals surface area contributed by atoms with Crippen LogP contribution in [0, 0.1) is 6.92 Å². The number of nitrogens with zero attached hydrogens (tertiary/aromatic N) is 1. The number of aromatic nitrogens is 1. The number of halogens is 3. The summed E-state index contributed by atoms with van der Waals surface area (Å²) < 4.78 is 37.7. The summed E-state index contributed by atoms with van der Waals surface area (Å²) in [7, 11) is 0. The van der Waals surface area contributed by atoms with Gasteiger partial charge in [0, 0.05) is 36.1 Å². The molecule has 0 fully saturated rings. The van der Waals surface area contributed by atoms with Crippen molar-refractivity contribution in [1.29, 1.82) is 0 Å². The van der Waals surface area contributed by atoms with Crippen LogP contribution < -0.4 is 16.0 Å². The molecule has 2 amide bonds. The smallest absolute Gasteiger partial charge is 0.368 e. The third-order valence-electron chi connectivity index (χ3n) is 4.59. The van der Waals surface area contributed by atoms with Gasteiger partial charge in [-0.3, -0.25) is 9.59 Å².